The lowest BCUT2D eigenvalue weighted by Crippen LogP contribution is -2.42. The molecule has 0 unspecified atom stereocenters. The van der Waals surface area contributed by atoms with Gasteiger partial charge in [0, 0.05) is 32.1 Å². The fourth-order valence-corrected chi connectivity index (χ4v) is 4.06. The molecule has 4 heteroatoms. The number of nitrogens with zero attached hydrogens (tertiary/aromatic N) is 2. The van der Waals surface area contributed by atoms with Crippen LogP contribution >= 0.6 is 0 Å². The van der Waals surface area contributed by atoms with Crippen LogP contribution in [0.25, 0.3) is 0 Å². The van der Waals surface area contributed by atoms with Gasteiger partial charge in [-0.25, -0.2) is 0 Å². The van der Waals surface area contributed by atoms with Crippen molar-refractivity contribution in [3.8, 4) is 0 Å². The molecule has 0 bridgehead atoms. The van der Waals surface area contributed by atoms with E-state index in [1.165, 1.54) is 5.56 Å². The fraction of sp³-hybridized carbons (Fsp3) is 0.600. The van der Waals surface area contributed by atoms with Gasteiger partial charge in [-0.3, -0.25) is 9.59 Å². The van der Waals surface area contributed by atoms with Crippen molar-refractivity contribution >= 4 is 11.8 Å². The summed E-state index contributed by atoms with van der Waals surface area (Å²) in [6.45, 7) is 6.52. The first kappa shape index (κ1) is 17.0. The van der Waals surface area contributed by atoms with Gasteiger partial charge < -0.3 is 9.80 Å². The molecule has 0 N–H and O–H groups in total. The van der Waals surface area contributed by atoms with E-state index in [4.69, 9.17) is 0 Å². The van der Waals surface area contributed by atoms with E-state index in [1.54, 1.807) is 0 Å². The summed E-state index contributed by atoms with van der Waals surface area (Å²) in [4.78, 5) is 29.1. The largest absolute Gasteiger partial charge is 0.342 e. The van der Waals surface area contributed by atoms with E-state index in [-0.39, 0.29) is 17.7 Å². The van der Waals surface area contributed by atoms with Gasteiger partial charge in [0.2, 0.25) is 11.8 Å². The highest BCUT2D eigenvalue weighted by Gasteiger charge is 2.40. The van der Waals surface area contributed by atoms with Crippen LogP contribution < -0.4 is 0 Å². The van der Waals surface area contributed by atoms with E-state index >= 15 is 0 Å². The van der Waals surface area contributed by atoms with Crippen molar-refractivity contribution in [1.29, 1.82) is 0 Å². The lowest BCUT2D eigenvalue weighted by atomic mass is 10.00. The molecule has 0 spiro atoms. The maximum atomic E-state index is 12.9. The van der Waals surface area contributed by atoms with Gasteiger partial charge in [-0.15, -0.1) is 0 Å². The van der Waals surface area contributed by atoms with Crippen molar-refractivity contribution in [2.24, 2.45) is 11.8 Å². The zero-order chi connectivity index (χ0) is 17.1. The van der Waals surface area contributed by atoms with Crippen molar-refractivity contribution in [1.82, 2.24) is 9.80 Å². The first-order valence-corrected chi connectivity index (χ1v) is 9.18. The van der Waals surface area contributed by atoms with Crippen molar-refractivity contribution in [2.75, 3.05) is 19.6 Å². The number of hydrogen-bond donors (Lipinski definition) is 0. The Bertz CT molecular complexity index is 585. The molecule has 0 aliphatic carbocycles. The molecule has 0 radical (unpaired) electrons. The second-order valence-electron chi connectivity index (χ2n) is 7.46. The Hall–Kier alpha value is -1.84. The number of likely N-dealkylation sites (tertiary alicyclic amines) is 2. The number of amides is 2. The van der Waals surface area contributed by atoms with E-state index < -0.39 is 0 Å². The summed E-state index contributed by atoms with van der Waals surface area (Å²) in [5.41, 5.74) is 1.24. The molecular formula is C20H28N2O2. The highest BCUT2D eigenvalue weighted by atomic mass is 16.2. The maximum absolute atomic E-state index is 12.9. The fourth-order valence-electron chi connectivity index (χ4n) is 4.06. The number of benzene rings is 1. The van der Waals surface area contributed by atoms with Gasteiger partial charge >= 0.3 is 0 Å². The molecule has 1 aromatic carbocycles. The first-order chi connectivity index (χ1) is 11.6. The summed E-state index contributed by atoms with van der Waals surface area (Å²) in [5, 5.41) is 0. The molecule has 2 amide bonds. The van der Waals surface area contributed by atoms with Gasteiger partial charge in [0.25, 0.3) is 0 Å². The highest BCUT2D eigenvalue weighted by Crippen LogP contribution is 2.28. The Labute approximate surface area is 144 Å². The average molecular weight is 328 g/mol. The number of carbonyl (C=O) groups is 2. The molecule has 2 aliphatic heterocycles. The van der Waals surface area contributed by atoms with Crippen LogP contribution in [0, 0.1) is 11.8 Å². The zero-order valence-electron chi connectivity index (χ0n) is 14.8. The lowest BCUT2D eigenvalue weighted by Gasteiger charge is -2.29. The van der Waals surface area contributed by atoms with Crippen LogP contribution in [-0.2, 0) is 16.0 Å². The molecule has 2 aliphatic rings. The maximum Gasteiger partial charge on any atom is 0.228 e. The van der Waals surface area contributed by atoms with Crippen LogP contribution in [0.5, 0.6) is 0 Å². The predicted molar refractivity (Wildman–Crippen MR) is 94.4 cm³/mol. The normalized spacial score (nSPS) is 24.2. The van der Waals surface area contributed by atoms with Crippen LogP contribution in [0.4, 0.5) is 0 Å². The Morgan fingerprint density at radius 2 is 2.00 bits per heavy atom. The molecule has 130 valence electrons. The van der Waals surface area contributed by atoms with Crippen LogP contribution in [0.1, 0.15) is 38.7 Å². The minimum Gasteiger partial charge on any atom is -0.342 e. The van der Waals surface area contributed by atoms with Crippen LogP contribution in [0.3, 0.4) is 0 Å². The minimum atomic E-state index is -0.146. The number of rotatable bonds is 5. The molecule has 4 nitrogen and oxygen atoms in total. The molecule has 0 saturated carbocycles. The topological polar surface area (TPSA) is 40.6 Å². The Morgan fingerprint density at radius 3 is 2.71 bits per heavy atom. The van der Waals surface area contributed by atoms with E-state index in [9.17, 15) is 9.59 Å². The third kappa shape index (κ3) is 3.63. The number of hydrogen-bond acceptors (Lipinski definition) is 2. The highest BCUT2D eigenvalue weighted by molar-refractivity contribution is 5.89. The molecule has 2 saturated heterocycles. The van der Waals surface area contributed by atoms with E-state index in [1.807, 2.05) is 28.0 Å². The predicted octanol–water partition coefficient (Wildman–Crippen LogP) is 2.72. The van der Waals surface area contributed by atoms with Crippen LogP contribution in [0.15, 0.2) is 30.3 Å². The van der Waals surface area contributed by atoms with E-state index in [0.717, 1.165) is 25.8 Å². The second-order valence-corrected chi connectivity index (χ2v) is 7.46. The van der Waals surface area contributed by atoms with Gasteiger partial charge in [0.05, 0.1) is 5.92 Å². The average Bonchev–Trinajstić information content (AvgIpc) is 3.20. The molecule has 3 rings (SSSR count). The molecule has 2 fully saturated rings. The number of carbonyl (C=O) groups excluding carboxylic acids is 2. The summed E-state index contributed by atoms with van der Waals surface area (Å²) in [7, 11) is 0. The first-order valence-electron chi connectivity index (χ1n) is 9.18. The van der Waals surface area contributed by atoms with Gasteiger partial charge in [-0.05, 0) is 30.7 Å². The van der Waals surface area contributed by atoms with Gasteiger partial charge in [-0.1, -0.05) is 44.2 Å². The van der Waals surface area contributed by atoms with Crippen molar-refractivity contribution in [3.63, 3.8) is 0 Å². The summed E-state index contributed by atoms with van der Waals surface area (Å²) in [5.74, 6) is 0.668. The third-order valence-electron chi connectivity index (χ3n) is 5.43. The van der Waals surface area contributed by atoms with Gasteiger partial charge in [-0.2, -0.15) is 0 Å². The van der Waals surface area contributed by atoms with Crippen molar-refractivity contribution < 1.29 is 9.59 Å². The van der Waals surface area contributed by atoms with Crippen LogP contribution in [-0.4, -0.2) is 47.3 Å². The molecule has 1 aromatic rings. The zero-order valence-corrected chi connectivity index (χ0v) is 14.8. The van der Waals surface area contributed by atoms with Crippen molar-refractivity contribution in [3.05, 3.63) is 35.9 Å². The summed E-state index contributed by atoms with van der Waals surface area (Å²) >= 11 is 0. The summed E-state index contributed by atoms with van der Waals surface area (Å²) < 4.78 is 0. The smallest absolute Gasteiger partial charge is 0.228 e. The molecule has 2 atom stereocenters. The molecular weight excluding hydrogens is 300 g/mol. The van der Waals surface area contributed by atoms with Crippen LogP contribution in [0.2, 0.25) is 0 Å². The van der Waals surface area contributed by atoms with Gasteiger partial charge in [0.15, 0.2) is 0 Å². The quantitative estimate of drug-likeness (QED) is 0.834. The van der Waals surface area contributed by atoms with E-state index in [2.05, 4.69) is 26.0 Å². The van der Waals surface area contributed by atoms with Gasteiger partial charge in [0.1, 0.15) is 0 Å². The lowest BCUT2D eigenvalue weighted by molar-refractivity contribution is -0.137. The third-order valence-corrected chi connectivity index (χ3v) is 5.43. The Balaban J connectivity index is 1.57. The summed E-state index contributed by atoms with van der Waals surface area (Å²) in [6, 6.07) is 10.6. The second kappa shape index (κ2) is 7.37. The Morgan fingerprint density at radius 1 is 1.25 bits per heavy atom. The molecule has 2 heterocycles. The summed E-state index contributed by atoms with van der Waals surface area (Å²) in [6.07, 6.45) is 3.43. The monoisotopic (exact) mass is 328 g/mol. The Kier molecular flexibility index (Phi) is 5.22. The van der Waals surface area contributed by atoms with Crippen molar-refractivity contribution in [2.45, 2.75) is 45.6 Å². The molecule has 0 aromatic heterocycles. The van der Waals surface area contributed by atoms with E-state index in [0.29, 0.717) is 31.5 Å². The standard InChI is InChI=1S/C20H28N2O2/c1-15(2)18-9-6-11-22(18)20(24)17-13-19(23)21(14-17)12-10-16-7-4-3-5-8-16/h3-5,7-8,15,17-18H,6,9-14H2,1-2H3/t17-,18+/m0/s1. The SMILES string of the molecule is CC(C)[C@H]1CCCN1C(=O)[C@H]1CC(=O)N(CCc2ccccc2)C1. The molecule has 24 heavy (non-hydrogen) atoms. The minimum absolute atomic E-state index is 0.129.